The summed E-state index contributed by atoms with van der Waals surface area (Å²) in [6.45, 7) is 3.84. The molecule has 104 valence electrons. The molecular weight excluding hydrogens is 242 g/mol. The van der Waals surface area contributed by atoms with E-state index in [0.29, 0.717) is 11.9 Å². The second-order valence-corrected chi connectivity index (χ2v) is 4.81. The minimum Gasteiger partial charge on any atom is -0.373 e. The van der Waals surface area contributed by atoms with Crippen LogP contribution >= 0.6 is 0 Å². The molecule has 1 aliphatic carbocycles. The van der Waals surface area contributed by atoms with Crippen molar-refractivity contribution < 1.29 is 4.79 Å². The molecule has 1 saturated carbocycles. The highest BCUT2D eigenvalue weighted by molar-refractivity contribution is 5.84. The monoisotopic (exact) mass is 263 g/mol. The fraction of sp³-hybridized carbons (Fsp3) is 0.615. The Labute approximate surface area is 113 Å². The van der Waals surface area contributed by atoms with Gasteiger partial charge < -0.3 is 16.0 Å². The van der Waals surface area contributed by atoms with Crippen LogP contribution in [0.2, 0.25) is 0 Å². The van der Waals surface area contributed by atoms with E-state index in [9.17, 15) is 4.79 Å². The van der Waals surface area contributed by atoms with Gasteiger partial charge in [-0.2, -0.15) is 0 Å². The van der Waals surface area contributed by atoms with Gasteiger partial charge in [0.05, 0.1) is 0 Å². The number of carbonyl (C=O) groups is 1. The lowest BCUT2D eigenvalue weighted by molar-refractivity contribution is -0.121. The normalized spacial score (nSPS) is 15.7. The number of nitrogens with zero attached hydrogens (tertiary/aromatic N) is 2. The minimum absolute atomic E-state index is 0.0187. The largest absolute Gasteiger partial charge is 0.373 e. The van der Waals surface area contributed by atoms with E-state index >= 15 is 0 Å². The van der Waals surface area contributed by atoms with E-state index in [4.69, 9.17) is 0 Å². The molecule has 3 N–H and O–H groups in total. The number of aryl methyl sites for hydroxylation is 1. The Morgan fingerprint density at radius 3 is 2.68 bits per heavy atom. The molecule has 1 amide bonds. The lowest BCUT2D eigenvalue weighted by atomic mass is 10.3. The van der Waals surface area contributed by atoms with Crippen molar-refractivity contribution in [2.45, 2.75) is 45.2 Å². The van der Waals surface area contributed by atoms with Crippen LogP contribution < -0.4 is 16.0 Å². The number of rotatable bonds is 6. The number of carbonyl (C=O) groups excluding carboxylic acids is 1. The van der Waals surface area contributed by atoms with Gasteiger partial charge in [-0.05, 0) is 19.8 Å². The van der Waals surface area contributed by atoms with Crippen LogP contribution in [-0.2, 0) is 11.2 Å². The lowest BCUT2D eigenvalue weighted by Crippen LogP contribution is -2.38. The first kappa shape index (κ1) is 13.6. The first-order valence-electron chi connectivity index (χ1n) is 6.75. The van der Waals surface area contributed by atoms with E-state index in [0.717, 1.165) is 30.9 Å². The minimum atomic E-state index is -0.301. The number of hydrogen-bond acceptors (Lipinski definition) is 5. The van der Waals surface area contributed by atoms with Crippen molar-refractivity contribution in [3.63, 3.8) is 0 Å². The van der Waals surface area contributed by atoms with Crippen LogP contribution in [0.25, 0.3) is 0 Å². The van der Waals surface area contributed by atoms with E-state index < -0.39 is 0 Å². The topological polar surface area (TPSA) is 78.9 Å². The van der Waals surface area contributed by atoms with Crippen LogP contribution in [-0.4, -0.2) is 35.0 Å². The summed E-state index contributed by atoms with van der Waals surface area (Å²) in [6, 6.07) is 1.88. The van der Waals surface area contributed by atoms with E-state index in [-0.39, 0.29) is 11.9 Å². The van der Waals surface area contributed by atoms with Gasteiger partial charge in [-0.25, -0.2) is 9.97 Å². The number of aromatic nitrogens is 2. The van der Waals surface area contributed by atoms with Gasteiger partial charge in [0, 0.05) is 25.6 Å². The Hall–Kier alpha value is -1.85. The maximum atomic E-state index is 11.9. The first-order valence-corrected chi connectivity index (χ1v) is 6.75. The summed E-state index contributed by atoms with van der Waals surface area (Å²) in [5.41, 5.74) is 0. The highest BCUT2D eigenvalue weighted by Crippen LogP contribution is 2.19. The molecule has 1 aromatic rings. The Morgan fingerprint density at radius 2 is 2.11 bits per heavy atom. The molecule has 1 aromatic heterocycles. The Kier molecular flexibility index (Phi) is 4.19. The second-order valence-electron chi connectivity index (χ2n) is 4.81. The van der Waals surface area contributed by atoms with E-state index in [2.05, 4.69) is 25.9 Å². The SMILES string of the molecule is CCc1nc(NC)cc(NC(C)C(=O)NC2CC2)n1. The molecule has 19 heavy (non-hydrogen) atoms. The molecule has 6 heteroatoms. The highest BCUT2D eigenvalue weighted by atomic mass is 16.2. The highest BCUT2D eigenvalue weighted by Gasteiger charge is 2.25. The second kappa shape index (κ2) is 5.86. The van der Waals surface area contributed by atoms with Crippen LogP contribution in [0.4, 0.5) is 11.6 Å². The van der Waals surface area contributed by atoms with Crippen molar-refractivity contribution in [3.8, 4) is 0 Å². The van der Waals surface area contributed by atoms with Crippen molar-refractivity contribution >= 4 is 17.5 Å². The average molecular weight is 263 g/mol. The number of nitrogens with one attached hydrogen (secondary N) is 3. The molecular formula is C13H21N5O. The molecule has 1 heterocycles. The van der Waals surface area contributed by atoms with E-state index in [1.165, 1.54) is 0 Å². The van der Waals surface area contributed by atoms with E-state index in [1.807, 2.05) is 20.9 Å². The van der Waals surface area contributed by atoms with Crippen LogP contribution in [0.3, 0.4) is 0 Å². The molecule has 1 fully saturated rings. The summed E-state index contributed by atoms with van der Waals surface area (Å²) in [6.07, 6.45) is 2.94. The van der Waals surface area contributed by atoms with Crippen molar-refractivity contribution in [2.75, 3.05) is 17.7 Å². The Bertz CT molecular complexity index is 436. The summed E-state index contributed by atoms with van der Waals surface area (Å²) in [5.74, 6) is 2.20. The molecule has 0 aliphatic heterocycles. The van der Waals surface area contributed by atoms with Gasteiger partial charge in [-0.15, -0.1) is 0 Å². The maximum absolute atomic E-state index is 11.9. The van der Waals surface area contributed by atoms with Gasteiger partial charge in [-0.3, -0.25) is 4.79 Å². The summed E-state index contributed by atoms with van der Waals surface area (Å²) in [4.78, 5) is 20.6. The molecule has 2 rings (SSSR count). The number of hydrogen-bond donors (Lipinski definition) is 3. The van der Waals surface area contributed by atoms with Crippen LogP contribution in [0.1, 0.15) is 32.5 Å². The van der Waals surface area contributed by atoms with Crippen molar-refractivity contribution in [2.24, 2.45) is 0 Å². The standard InChI is InChI=1S/C13H21N5O/c1-4-10-17-11(14-3)7-12(18-10)15-8(2)13(19)16-9-5-6-9/h7-9H,4-6H2,1-3H3,(H,16,19)(H2,14,15,17,18). The van der Waals surface area contributed by atoms with Crippen LogP contribution in [0, 0.1) is 0 Å². The van der Waals surface area contributed by atoms with Gasteiger partial charge in [0.25, 0.3) is 0 Å². The number of amides is 1. The van der Waals surface area contributed by atoms with Crippen molar-refractivity contribution in [3.05, 3.63) is 11.9 Å². The predicted molar refractivity (Wildman–Crippen MR) is 75.2 cm³/mol. The van der Waals surface area contributed by atoms with Crippen LogP contribution in [0.5, 0.6) is 0 Å². The Balaban J connectivity index is 2.01. The third kappa shape index (κ3) is 3.81. The molecule has 6 nitrogen and oxygen atoms in total. The van der Waals surface area contributed by atoms with Crippen LogP contribution in [0.15, 0.2) is 6.07 Å². The lowest BCUT2D eigenvalue weighted by Gasteiger charge is -2.15. The summed E-state index contributed by atoms with van der Waals surface area (Å²) >= 11 is 0. The van der Waals surface area contributed by atoms with Gasteiger partial charge in [0.15, 0.2) is 0 Å². The molecule has 1 aliphatic rings. The van der Waals surface area contributed by atoms with Gasteiger partial charge >= 0.3 is 0 Å². The maximum Gasteiger partial charge on any atom is 0.242 e. The summed E-state index contributed by atoms with van der Waals surface area (Å²) < 4.78 is 0. The zero-order valence-electron chi connectivity index (χ0n) is 11.7. The molecule has 0 aromatic carbocycles. The molecule has 0 bridgehead atoms. The number of anilines is 2. The molecule has 1 unspecified atom stereocenters. The molecule has 0 saturated heterocycles. The van der Waals surface area contributed by atoms with Gasteiger partial charge in [-0.1, -0.05) is 6.92 Å². The quantitative estimate of drug-likeness (QED) is 0.718. The predicted octanol–water partition coefficient (Wildman–Crippen LogP) is 1.16. The Morgan fingerprint density at radius 1 is 1.42 bits per heavy atom. The van der Waals surface area contributed by atoms with Crippen molar-refractivity contribution in [1.82, 2.24) is 15.3 Å². The van der Waals surface area contributed by atoms with Crippen molar-refractivity contribution in [1.29, 1.82) is 0 Å². The van der Waals surface area contributed by atoms with Gasteiger partial charge in [0.1, 0.15) is 23.5 Å². The fourth-order valence-corrected chi connectivity index (χ4v) is 1.70. The molecule has 1 atom stereocenters. The van der Waals surface area contributed by atoms with E-state index in [1.54, 1.807) is 6.07 Å². The molecule has 0 spiro atoms. The summed E-state index contributed by atoms with van der Waals surface area (Å²) in [5, 5.41) is 9.09. The zero-order chi connectivity index (χ0) is 13.8. The van der Waals surface area contributed by atoms with Gasteiger partial charge in [0.2, 0.25) is 5.91 Å². The third-order valence-electron chi connectivity index (χ3n) is 3.03. The third-order valence-corrected chi connectivity index (χ3v) is 3.03. The summed E-state index contributed by atoms with van der Waals surface area (Å²) in [7, 11) is 1.81. The molecule has 0 radical (unpaired) electrons. The first-order chi connectivity index (χ1) is 9.12. The smallest absolute Gasteiger partial charge is 0.242 e. The fourth-order valence-electron chi connectivity index (χ4n) is 1.70. The zero-order valence-corrected chi connectivity index (χ0v) is 11.7. The average Bonchev–Trinajstić information content (AvgIpc) is 3.21.